The fraction of sp³-hybridized carbons (Fsp3) is 0. The maximum absolute atomic E-state index is 8.07. The van der Waals surface area contributed by atoms with E-state index >= 15 is 0 Å². The number of rotatable bonds is 4. The molecule has 0 aliphatic rings. The smallest absolute Gasteiger partial charge is 0.0623 e. The molecule has 0 saturated heterocycles. The van der Waals surface area contributed by atoms with Crippen molar-refractivity contribution in [3.8, 4) is 44.5 Å². The molecule has 9 aromatic carbocycles. The van der Waals surface area contributed by atoms with Crippen LogP contribution in [0.2, 0.25) is 0 Å². The normalized spacial score (nSPS) is 12.2. The summed E-state index contributed by atoms with van der Waals surface area (Å²) in [5, 5.41) is 9.70. The molecular weight excluding hydrogens is 609 g/mol. The van der Waals surface area contributed by atoms with Crippen LogP contribution in [0.25, 0.3) is 97.0 Å². The Balaban J connectivity index is 1.24. The summed E-state index contributed by atoms with van der Waals surface area (Å²) in [4.78, 5) is 0. The molecule has 0 amide bonds. The van der Waals surface area contributed by atoms with Gasteiger partial charge < -0.3 is 0 Å². The summed E-state index contributed by atoms with van der Waals surface area (Å²) >= 11 is 1.85. The highest BCUT2D eigenvalue weighted by Gasteiger charge is 2.21. The van der Waals surface area contributed by atoms with Gasteiger partial charge in [-0.05, 0) is 95.0 Å². The van der Waals surface area contributed by atoms with E-state index in [1.54, 1.807) is 0 Å². The lowest BCUT2D eigenvalue weighted by Crippen LogP contribution is -1.92. The lowest BCUT2D eigenvalue weighted by atomic mass is 9.84. The summed E-state index contributed by atoms with van der Waals surface area (Å²) < 4.78 is 18.6. The second kappa shape index (κ2) is 11.3. The van der Waals surface area contributed by atoms with Crippen LogP contribution in [0.15, 0.2) is 182 Å². The van der Waals surface area contributed by atoms with E-state index in [0.29, 0.717) is 12.1 Å². The third-order valence-electron chi connectivity index (χ3n) is 9.93. The van der Waals surface area contributed by atoms with Gasteiger partial charge in [-0.2, -0.15) is 0 Å². The summed E-state index contributed by atoms with van der Waals surface area (Å²) in [5.41, 5.74) is 9.59. The fourth-order valence-corrected chi connectivity index (χ4v) is 8.98. The highest BCUT2D eigenvalue weighted by molar-refractivity contribution is 7.26. The quantitative estimate of drug-likeness (QED) is 0.168. The van der Waals surface area contributed by atoms with Crippen LogP contribution in [0.1, 0.15) is 2.74 Å². The SMILES string of the molecule is [2H]c1ccc(-c2ccc(-c3c4ccccc4c(-c4cccc(-c5ccc6cc([2H])ccc6c5)c4)c4ccccc34)c3c2sc2ccccc23)cc1. The molecule has 1 heterocycles. The maximum Gasteiger partial charge on any atom is 0.0623 e. The standard InChI is InChI=1S/C48H30S/c1-2-14-32(15-3-1)37-27-28-43(47-42-23-10-11-24-44(42)49-48(37)47)46-40-21-8-6-19-38(40)45(39-20-7-9-22-41(39)46)36-18-12-17-34(30-36)35-26-25-31-13-4-5-16-33(31)29-35/h1-30H/i1D,4D. The molecule has 49 heavy (non-hydrogen) atoms. The molecule has 10 aromatic rings. The average molecular weight is 641 g/mol. The van der Waals surface area contributed by atoms with Crippen LogP contribution in [0.3, 0.4) is 0 Å². The van der Waals surface area contributed by atoms with Gasteiger partial charge in [-0.15, -0.1) is 11.3 Å². The first-order chi connectivity index (χ1) is 25.1. The van der Waals surface area contributed by atoms with Gasteiger partial charge in [0, 0.05) is 20.2 Å². The number of hydrogen-bond donors (Lipinski definition) is 0. The molecule has 0 aliphatic carbocycles. The zero-order valence-corrected chi connectivity index (χ0v) is 27.4. The van der Waals surface area contributed by atoms with Crippen molar-refractivity contribution in [1.82, 2.24) is 0 Å². The summed E-state index contributed by atoms with van der Waals surface area (Å²) in [7, 11) is 0. The predicted molar refractivity (Wildman–Crippen MR) is 214 cm³/mol. The molecule has 1 heteroatoms. The largest absolute Gasteiger partial charge is 0.135 e. The van der Waals surface area contributed by atoms with Crippen molar-refractivity contribution in [3.05, 3.63) is 182 Å². The first-order valence-electron chi connectivity index (χ1n) is 17.7. The first kappa shape index (κ1) is 26.0. The monoisotopic (exact) mass is 640 g/mol. The molecule has 0 saturated carbocycles. The highest BCUT2D eigenvalue weighted by Crippen LogP contribution is 2.50. The van der Waals surface area contributed by atoms with Gasteiger partial charge in [0.25, 0.3) is 0 Å². The van der Waals surface area contributed by atoms with Crippen LogP contribution in [0.4, 0.5) is 0 Å². The van der Waals surface area contributed by atoms with Crippen molar-refractivity contribution in [3.63, 3.8) is 0 Å². The van der Waals surface area contributed by atoms with Crippen LogP contribution >= 0.6 is 11.3 Å². The van der Waals surface area contributed by atoms with E-state index in [0.717, 1.165) is 21.9 Å². The molecule has 0 aliphatic heterocycles. The molecule has 228 valence electrons. The Morgan fingerprint density at radius 3 is 1.76 bits per heavy atom. The predicted octanol–water partition coefficient (Wildman–Crippen LogP) is 14.2. The zero-order chi connectivity index (χ0) is 34.1. The van der Waals surface area contributed by atoms with Crippen LogP contribution in [-0.4, -0.2) is 0 Å². The summed E-state index contributed by atoms with van der Waals surface area (Å²) in [5.74, 6) is 0. The van der Waals surface area contributed by atoms with Crippen LogP contribution in [0, 0.1) is 0 Å². The molecular formula is C48H30S. The topological polar surface area (TPSA) is 0 Å². The van der Waals surface area contributed by atoms with Crippen LogP contribution in [-0.2, 0) is 0 Å². The molecule has 0 atom stereocenters. The van der Waals surface area contributed by atoms with E-state index in [-0.39, 0.29) is 0 Å². The third-order valence-corrected chi connectivity index (χ3v) is 11.1. The van der Waals surface area contributed by atoms with E-state index < -0.39 is 0 Å². The molecule has 0 unspecified atom stereocenters. The summed E-state index contributed by atoms with van der Waals surface area (Å²) in [6, 6.07) is 61.4. The van der Waals surface area contributed by atoms with Gasteiger partial charge >= 0.3 is 0 Å². The van der Waals surface area contributed by atoms with Crippen molar-refractivity contribution in [1.29, 1.82) is 0 Å². The lowest BCUT2D eigenvalue weighted by Gasteiger charge is -2.19. The van der Waals surface area contributed by atoms with Gasteiger partial charge in [0.1, 0.15) is 0 Å². The number of thiophene rings is 1. The minimum atomic E-state index is 0.521. The molecule has 10 rings (SSSR count). The maximum atomic E-state index is 8.07. The van der Waals surface area contributed by atoms with Crippen molar-refractivity contribution in [2.24, 2.45) is 0 Å². The number of fused-ring (bicyclic) bond motifs is 6. The Morgan fingerprint density at radius 1 is 0.367 bits per heavy atom. The van der Waals surface area contributed by atoms with Gasteiger partial charge in [-0.1, -0.05) is 164 Å². The van der Waals surface area contributed by atoms with Crippen molar-refractivity contribution in [2.45, 2.75) is 0 Å². The van der Waals surface area contributed by atoms with Crippen molar-refractivity contribution in [2.75, 3.05) is 0 Å². The Kier molecular flexibility index (Phi) is 6.00. The van der Waals surface area contributed by atoms with Crippen molar-refractivity contribution >= 4 is 63.8 Å². The van der Waals surface area contributed by atoms with E-state index in [1.807, 2.05) is 41.7 Å². The molecule has 0 radical (unpaired) electrons. The van der Waals surface area contributed by atoms with E-state index in [9.17, 15) is 0 Å². The first-order valence-corrected chi connectivity index (χ1v) is 17.5. The molecule has 0 spiro atoms. The van der Waals surface area contributed by atoms with E-state index in [1.165, 1.54) is 75.1 Å². The molecule has 0 fully saturated rings. The van der Waals surface area contributed by atoms with Crippen LogP contribution in [0.5, 0.6) is 0 Å². The Hall–Kier alpha value is -6.02. The Morgan fingerprint density at radius 2 is 0.980 bits per heavy atom. The number of hydrogen-bond acceptors (Lipinski definition) is 1. The van der Waals surface area contributed by atoms with Gasteiger partial charge in [0.2, 0.25) is 0 Å². The molecule has 0 nitrogen and oxygen atoms in total. The summed E-state index contributed by atoms with van der Waals surface area (Å²) in [6.45, 7) is 0. The zero-order valence-electron chi connectivity index (χ0n) is 28.6. The third kappa shape index (κ3) is 4.51. The molecule has 0 bridgehead atoms. The van der Waals surface area contributed by atoms with E-state index in [2.05, 4.69) is 140 Å². The molecule has 0 N–H and O–H groups in total. The lowest BCUT2D eigenvalue weighted by molar-refractivity contribution is 1.63. The highest BCUT2D eigenvalue weighted by atomic mass is 32.1. The minimum absolute atomic E-state index is 0.521. The Labute approximate surface area is 292 Å². The average Bonchev–Trinajstić information content (AvgIpc) is 3.57. The molecule has 1 aromatic heterocycles. The summed E-state index contributed by atoms with van der Waals surface area (Å²) in [6.07, 6.45) is 0. The fourth-order valence-electron chi connectivity index (χ4n) is 7.72. The minimum Gasteiger partial charge on any atom is -0.135 e. The second-order valence-corrected chi connectivity index (χ2v) is 13.7. The van der Waals surface area contributed by atoms with E-state index in [4.69, 9.17) is 2.74 Å². The van der Waals surface area contributed by atoms with Gasteiger partial charge in [-0.25, -0.2) is 0 Å². The number of benzene rings is 9. The van der Waals surface area contributed by atoms with Gasteiger partial charge in [-0.3, -0.25) is 0 Å². The second-order valence-electron chi connectivity index (χ2n) is 12.7. The van der Waals surface area contributed by atoms with Crippen LogP contribution < -0.4 is 0 Å². The van der Waals surface area contributed by atoms with Gasteiger partial charge in [0.15, 0.2) is 0 Å². The van der Waals surface area contributed by atoms with Gasteiger partial charge in [0.05, 0.1) is 2.74 Å². The Bertz CT molecular complexity index is 2930. The van der Waals surface area contributed by atoms with Crippen molar-refractivity contribution < 1.29 is 2.74 Å².